The topological polar surface area (TPSA) is 88.7 Å². The van der Waals surface area contributed by atoms with Gasteiger partial charge in [-0.05, 0) is 12.1 Å². The first-order chi connectivity index (χ1) is 10.2. The van der Waals surface area contributed by atoms with Crippen molar-refractivity contribution in [1.82, 2.24) is 9.88 Å². The zero-order valence-electron chi connectivity index (χ0n) is 11.5. The fourth-order valence-corrected chi connectivity index (χ4v) is 2.60. The summed E-state index contributed by atoms with van der Waals surface area (Å²) in [6.07, 6.45) is 0. The number of aliphatic hydroxyl groups excluding tert-OH is 1. The minimum Gasteiger partial charge on any atom is -0.394 e. The van der Waals surface area contributed by atoms with E-state index in [2.05, 4.69) is 4.98 Å². The quantitative estimate of drug-likeness (QED) is 0.846. The molecular weight excluding hydrogens is 270 g/mol. The molecule has 6 nitrogen and oxygen atoms in total. The lowest BCUT2D eigenvalue weighted by molar-refractivity contribution is -0.0183. The Morgan fingerprint density at radius 2 is 2.29 bits per heavy atom. The third-order valence-electron chi connectivity index (χ3n) is 3.67. The number of ether oxygens (including phenoxy) is 1. The number of carbonyl (C=O) groups is 1. The minimum atomic E-state index is -0.320. The lowest BCUT2D eigenvalue weighted by Crippen LogP contribution is -2.50. The van der Waals surface area contributed by atoms with Crippen molar-refractivity contribution in [3.8, 4) is 0 Å². The number of aromatic nitrogens is 1. The summed E-state index contributed by atoms with van der Waals surface area (Å²) in [6.45, 7) is 1.16. The summed E-state index contributed by atoms with van der Waals surface area (Å²) in [4.78, 5) is 18.7. The van der Waals surface area contributed by atoms with Crippen LogP contribution in [0.5, 0.6) is 0 Å². The van der Waals surface area contributed by atoms with Gasteiger partial charge >= 0.3 is 0 Å². The largest absolute Gasteiger partial charge is 0.394 e. The number of nitrogens with two attached hydrogens (primary N) is 1. The van der Waals surface area contributed by atoms with Gasteiger partial charge < -0.3 is 20.5 Å². The van der Waals surface area contributed by atoms with E-state index in [1.54, 1.807) is 11.0 Å². The third kappa shape index (κ3) is 2.55. The molecule has 3 N–H and O–H groups in total. The molecule has 1 fully saturated rings. The molecule has 1 amide bonds. The fraction of sp³-hybridized carbons (Fsp3) is 0.333. The van der Waals surface area contributed by atoms with Gasteiger partial charge in [0, 0.05) is 11.9 Å². The van der Waals surface area contributed by atoms with Crippen molar-refractivity contribution in [1.29, 1.82) is 0 Å². The number of carbonyl (C=O) groups excluding carboxylic acids is 1. The number of hydrogen-bond donors (Lipinski definition) is 2. The molecule has 0 radical (unpaired) electrons. The summed E-state index contributed by atoms with van der Waals surface area (Å²) in [5.74, 6) is 0.161. The molecule has 21 heavy (non-hydrogen) atoms. The van der Waals surface area contributed by atoms with Crippen molar-refractivity contribution in [2.24, 2.45) is 0 Å². The molecule has 1 aromatic heterocycles. The predicted molar refractivity (Wildman–Crippen MR) is 78.9 cm³/mol. The second-order valence-corrected chi connectivity index (χ2v) is 5.02. The molecule has 6 heteroatoms. The molecule has 2 heterocycles. The molecule has 2 aromatic rings. The first-order valence-electron chi connectivity index (χ1n) is 6.85. The lowest BCUT2D eigenvalue weighted by atomic mass is 10.1. The maximum atomic E-state index is 12.8. The normalized spacial score (nSPS) is 18.9. The molecule has 0 bridgehead atoms. The van der Waals surface area contributed by atoms with Crippen LogP contribution < -0.4 is 5.73 Å². The molecule has 1 aromatic carbocycles. The molecule has 1 aliphatic rings. The number of fused-ring (bicyclic) bond motifs is 1. The average Bonchev–Trinajstić information content (AvgIpc) is 2.53. The number of nitrogens with zero attached hydrogens (tertiary/aromatic N) is 2. The van der Waals surface area contributed by atoms with Gasteiger partial charge in [-0.1, -0.05) is 18.2 Å². The van der Waals surface area contributed by atoms with Gasteiger partial charge in [-0.2, -0.15) is 0 Å². The maximum absolute atomic E-state index is 12.8. The van der Waals surface area contributed by atoms with Crippen molar-refractivity contribution >= 4 is 22.6 Å². The number of benzene rings is 1. The average molecular weight is 287 g/mol. The van der Waals surface area contributed by atoms with E-state index in [0.29, 0.717) is 36.7 Å². The highest BCUT2D eigenvalue weighted by atomic mass is 16.5. The Morgan fingerprint density at radius 3 is 3.10 bits per heavy atom. The van der Waals surface area contributed by atoms with Crippen LogP contribution in [0, 0.1) is 0 Å². The van der Waals surface area contributed by atoms with Crippen LogP contribution in [-0.4, -0.2) is 53.3 Å². The number of amides is 1. The first kappa shape index (κ1) is 13.8. The van der Waals surface area contributed by atoms with Gasteiger partial charge in [0.25, 0.3) is 5.91 Å². The van der Waals surface area contributed by atoms with Crippen molar-refractivity contribution in [2.75, 3.05) is 32.1 Å². The SMILES string of the molecule is Nc1cc(C(=O)N2CCOCC2CO)c2ccccc2n1. The molecule has 110 valence electrons. The molecule has 0 aliphatic carbocycles. The highest BCUT2D eigenvalue weighted by Crippen LogP contribution is 2.22. The molecule has 3 rings (SSSR count). The number of nitrogen functional groups attached to an aromatic ring is 1. The van der Waals surface area contributed by atoms with E-state index < -0.39 is 0 Å². The fourth-order valence-electron chi connectivity index (χ4n) is 2.60. The molecule has 1 saturated heterocycles. The van der Waals surface area contributed by atoms with Crippen LogP contribution >= 0.6 is 0 Å². The van der Waals surface area contributed by atoms with Crippen LogP contribution in [0.1, 0.15) is 10.4 Å². The number of pyridine rings is 1. The maximum Gasteiger partial charge on any atom is 0.255 e. The number of para-hydroxylation sites is 1. The Kier molecular flexibility index (Phi) is 3.72. The van der Waals surface area contributed by atoms with Crippen LogP contribution in [0.3, 0.4) is 0 Å². The van der Waals surface area contributed by atoms with Crippen LogP contribution in [0.25, 0.3) is 10.9 Å². The molecular formula is C15H17N3O3. The van der Waals surface area contributed by atoms with Gasteiger partial charge in [0.1, 0.15) is 5.82 Å². The standard InChI is InChI=1S/C15H17N3O3/c16-14-7-12(11-3-1-2-4-13(11)17-14)15(20)18-5-6-21-9-10(18)8-19/h1-4,7,10,19H,5-6,8-9H2,(H2,16,17). The Balaban J connectivity index is 2.04. The summed E-state index contributed by atoms with van der Waals surface area (Å²) in [5, 5.41) is 10.2. The van der Waals surface area contributed by atoms with Gasteiger partial charge in [0.05, 0.1) is 36.9 Å². The van der Waals surface area contributed by atoms with Gasteiger partial charge in [-0.15, -0.1) is 0 Å². The molecule has 0 saturated carbocycles. The third-order valence-corrected chi connectivity index (χ3v) is 3.67. The summed E-state index contributed by atoms with van der Waals surface area (Å²) < 4.78 is 5.31. The smallest absolute Gasteiger partial charge is 0.255 e. The predicted octanol–water partition coefficient (Wildman–Crippen LogP) is 0.650. The molecule has 1 unspecified atom stereocenters. The van der Waals surface area contributed by atoms with Crippen LogP contribution in [0.4, 0.5) is 5.82 Å². The number of anilines is 1. The van der Waals surface area contributed by atoms with E-state index >= 15 is 0 Å². The van der Waals surface area contributed by atoms with Crippen molar-refractivity contribution < 1.29 is 14.6 Å². The van der Waals surface area contributed by atoms with E-state index in [4.69, 9.17) is 10.5 Å². The number of aliphatic hydroxyl groups is 1. The first-order valence-corrected chi connectivity index (χ1v) is 6.85. The summed E-state index contributed by atoms with van der Waals surface area (Å²) in [7, 11) is 0. The zero-order valence-corrected chi connectivity index (χ0v) is 11.5. The van der Waals surface area contributed by atoms with Gasteiger partial charge in [-0.3, -0.25) is 4.79 Å². The monoisotopic (exact) mass is 287 g/mol. The number of morpholine rings is 1. The summed E-state index contributed by atoms with van der Waals surface area (Å²) >= 11 is 0. The number of rotatable bonds is 2. The van der Waals surface area contributed by atoms with Gasteiger partial charge in [0.15, 0.2) is 0 Å². The highest BCUT2D eigenvalue weighted by Gasteiger charge is 2.28. The van der Waals surface area contributed by atoms with Gasteiger partial charge in [-0.25, -0.2) is 4.98 Å². The second-order valence-electron chi connectivity index (χ2n) is 5.02. The van der Waals surface area contributed by atoms with E-state index in [1.807, 2.05) is 24.3 Å². The van der Waals surface area contributed by atoms with Crippen molar-refractivity contribution in [3.05, 3.63) is 35.9 Å². The van der Waals surface area contributed by atoms with Gasteiger partial charge in [0.2, 0.25) is 0 Å². The molecule has 1 atom stereocenters. The minimum absolute atomic E-state index is 0.121. The lowest BCUT2D eigenvalue weighted by Gasteiger charge is -2.34. The number of hydrogen-bond acceptors (Lipinski definition) is 5. The van der Waals surface area contributed by atoms with Crippen LogP contribution in [0.15, 0.2) is 30.3 Å². The Hall–Kier alpha value is -2.18. The zero-order chi connectivity index (χ0) is 14.8. The Morgan fingerprint density at radius 1 is 1.48 bits per heavy atom. The summed E-state index contributed by atoms with van der Waals surface area (Å²) in [6, 6.07) is 8.66. The second kappa shape index (κ2) is 5.67. The van der Waals surface area contributed by atoms with E-state index in [9.17, 15) is 9.90 Å². The van der Waals surface area contributed by atoms with Crippen LogP contribution in [0.2, 0.25) is 0 Å². The van der Waals surface area contributed by atoms with E-state index in [0.717, 1.165) is 5.39 Å². The Labute approximate surface area is 122 Å². The Bertz CT molecular complexity index is 674. The highest BCUT2D eigenvalue weighted by molar-refractivity contribution is 6.07. The summed E-state index contributed by atoms with van der Waals surface area (Å²) in [5.41, 5.74) is 7.01. The molecule has 0 spiro atoms. The van der Waals surface area contributed by atoms with E-state index in [1.165, 1.54) is 0 Å². The van der Waals surface area contributed by atoms with Crippen molar-refractivity contribution in [2.45, 2.75) is 6.04 Å². The van der Waals surface area contributed by atoms with E-state index in [-0.39, 0.29) is 18.6 Å². The van der Waals surface area contributed by atoms with Crippen LogP contribution in [-0.2, 0) is 4.74 Å². The molecule has 1 aliphatic heterocycles. The van der Waals surface area contributed by atoms with Crippen molar-refractivity contribution in [3.63, 3.8) is 0 Å².